The molecule has 116 valence electrons. The van der Waals surface area contributed by atoms with Crippen molar-refractivity contribution in [3.05, 3.63) is 70.8 Å². The number of carbonyl (C=O) groups excluding carboxylic acids is 1. The number of hydrogen-bond acceptors (Lipinski definition) is 3. The fraction of sp³-hybridized carbons (Fsp3) is 0.278. The molecule has 0 fully saturated rings. The summed E-state index contributed by atoms with van der Waals surface area (Å²) < 4.78 is 0. The number of rotatable bonds is 4. The number of nitrogens with zero attached hydrogens (tertiary/aromatic N) is 1. The Morgan fingerprint density at radius 2 is 1.68 bits per heavy atom. The molecular formula is C18H21NO3. The molecule has 2 aromatic rings. The van der Waals surface area contributed by atoms with Crippen LogP contribution in [0.1, 0.15) is 28.7 Å². The minimum Gasteiger partial charge on any atom is -0.380 e. The normalized spacial score (nSPS) is 13.5. The Morgan fingerprint density at radius 1 is 1.05 bits per heavy atom. The molecule has 4 nitrogen and oxygen atoms in total. The molecule has 0 aromatic heterocycles. The third kappa shape index (κ3) is 3.18. The van der Waals surface area contributed by atoms with Crippen LogP contribution in [0.3, 0.4) is 0 Å². The van der Waals surface area contributed by atoms with Crippen LogP contribution in [0.25, 0.3) is 0 Å². The second-order valence-corrected chi connectivity index (χ2v) is 5.62. The summed E-state index contributed by atoms with van der Waals surface area (Å²) in [4.78, 5) is 12.0. The summed E-state index contributed by atoms with van der Waals surface area (Å²) in [6.07, 6.45) is -0.230. The lowest BCUT2D eigenvalue weighted by atomic mass is 9.82. The molecule has 0 spiro atoms. The molecule has 1 unspecified atom stereocenters. The van der Waals surface area contributed by atoms with Crippen molar-refractivity contribution in [3.63, 3.8) is 0 Å². The topological polar surface area (TPSA) is 60.8 Å². The van der Waals surface area contributed by atoms with Crippen LogP contribution < -0.4 is 0 Å². The number of hydroxylamine groups is 2. The maximum atomic E-state index is 12.0. The van der Waals surface area contributed by atoms with Gasteiger partial charge >= 0.3 is 0 Å². The van der Waals surface area contributed by atoms with E-state index < -0.39 is 11.5 Å². The average molecular weight is 299 g/mol. The molecule has 2 aromatic carbocycles. The minimum absolute atomic E-state index is 0.230. The fourth-order valence-electron chi connectivity index (χ4n) is 2.42. The predicted molar refractivity (Wildman–Crippen MR) is 84.5 cm³/mol. The molecular weight excluding hydrogens is 278 g/mol. The first kappa shape index (κ1) is 16.2. The smallest absolute Gasteiger partial charge is 0.249 e. The van der Waals surface area contributed by atoms with E-state index in [-0.39, 0.29) is 6.42 Å². The molecule has 0 aliphatic heterocycles. The van der Waals surface area contributed by atoms with Crippen molar-refractivity contribution in [2.24, 2.45) is 0 Å². The first-order valence-electron chi connectivity index (χ1n) is 7.15. The van der Waals surface area contributed by atoms with Crippen LogP contribution in [-0.4, -0.2) is 28.3 Å². The van der Waals surface area contributed by atoms with Crippen molar-refractivity contribution < 1.29 is 15.1 Å². The summed E-state index contributed by atoms with van der Waals surface area (Å²) in [5.74, 6) is -0.551. The van der Waals surface area contributed by atoms with Crippen LogP contribution in [-0.2, 0) is 10.4 Å². The zero-order valence-electron chi connectivity index (χ0n) is 13.1. The maximum Gasteiger partial charge on any atom is 0.249 e. The van der Waals surface area contributed by atoms with Gasteiger partial charge in [-0.2, -0.15) is 0 Å². The molecule has 0 radical (unpaired) electrons. The highest BCUT2D eigenvalue weighted by atomic mass is 16.5. The summed E-state index contributed by atoms with van der Waals surface area (Å²) in [6, 6.07) is 14.7. The highest BCUT2D eigenvalue weighted by Gasteiger charge is 2.35. The number of amides is 1. The Bertz CT molecular complexity index is 667. The summed E-state index contributed by atoms with van der Waals surface area (Å²) in [5.41, 5.74) is 1.93. The average Bonchev–Trinajstić information content (AvgIpc) is 2.50. The molecule has 4 heteroatoms. The van der Waals surface area contributed by atoms with E-state index in [0.29, 0.717) is 16.2 Å². The summed E-state index contributed by atoms with van der Waals surface area (Å²) in [5, 5.41) is 21.1. The molecule has 1 atom stereocenters. The van der Waals surface area contributed by atoms with Gasteiger partial charge in [-0.05, 0) is 36.1 Å². The number of benzene rings is 2. The van der Waals surface area contributed by atoms with E-state index in [1.54, 1.807) is 12.1 Å². The summed E-state index contributed by atoms with van der Waals surface area (Å²) >= 11 is 0. The second kappa shape index (κ2) is 6.30. The third-order valence-electron chi connectivity index (χ3n) is 4.00. The largest absolute Gasteiger partial charge is 0.380 e. The molecule has 2 rings (SSSR count). The van der Waals surface area contributed by atoms with Crippen LogP contribution in [0.2, 0.25) is 0 Å². The molecule has 0 saturated heterocycles. The molecule has 1 amide bonds. The highest BCUT2D eigenvalue weighted by Crippen LogP contribution is 2.34. The number of hydrogen-bond donors (Lipinski definition) is 2. The molecule has 22 heavy (non-hydrogen) atoms. The van der Waals surface area contributed by atoms with Crippen LogP contribution in [0, 0.1) is 13.8 Å². The molecule has 0 heterocycles. The zero-order valence-corrected chi connectivity index (χ0v) is 13.1. The van der Waals surface area contributed by atoms with Gasteiger partial charge in [0.25, 0.3) is 0 Å². The lowest BCUT2D eigenvalue weighted by Gasteiger charge is -2.30. The lowest BCUT2D eigenvalue weighted by molar-refractivity contribution is -0.163. The first-order chi connectivity index (χ1) is 10.3. The van der Waals surface area contributed by atoms with Crippen LogP contribution in [0.5, 0.6) is 0 Å². The van der Waals surface area contributed by atoms with E-state index in [1.807, 2.05) is 50.2 Å². The van der Waals surface area contributed by atoms with Gasteiger partial charge in [0, 0.05) is 7.05 Å². The molecule has 0 saturated carbocycles. The van der Waals surface area contributed by atoms with Gasteiger partial charge < -0.3 is 5.11 Å². The highest BCUT2D eigenvalue weighted by molar-refractivity contribution is 5.77. The van der Waals surface area contributed by atoms with Crippen molar-refractivity contribution in [2.45, 2.75) is 25.9 Å². The number of aliphatic hydroxyl groups is 1. The predicted octanol–water partition coefficient (Wildman–Crippen LogP) is 2.78. The van der Waals surface area contributed by atoms with E-state index in [0.717, 1.165) is 11.1 Å². The van der Waals surface area contributed by atoms with Crippen molar-refractivity contribution in [3.8, 4) is 0 Å². The molecule has 2 N–H and O–H groups in total. The van der Waals surface area contributed by atoms with Crippen molar-refractivity contribution in [1.82, 2.24) is 5.06 Å². The van der Waals surface area contributed by atoms with Gasteiger partial charge in [-0.3, -0.25) is 10.0 Å². The molecule has 0 aliphatic carbocycles. The van der Waals surface area contributed by atoms with Gasteiger partial charge in [0.05, 0.1) is 6.42 Å². The second-order valence-electron chi connectivity index (χ2n) is 5.62. The monoisotopic (exact) mass is 299 g/mol. The Balaban J connectivity index is 2.54. The minimum atomic E-state index is -1.48. The Labute approximate surface area is 130 Å². The summed E-state index contributed by atoms with van der Waals surface area (Å²) in [7, 11) is 1.26. The Morgan fingerprint density at radius 3 is 2.23 bits per heavy atom. The Kier molecular flexibility index (Phi) is 4.64. The van der Waals surface area contributed by atoms with Crippen LogP contribution in [0.4, 0.5) is 0 Å². The SMILES string of the molecule is Cc1ccc(C(O)(CC(=O)N(C)O)c2ccccc2)cc1C. The third-order valence-corrected chi connectivity index (χ3v) is 4.00. The van der Waals surface area contributed by atoms with E-state index in [1.165, 1.54) is 7.05 Å². The van der Waals surface area contributed by atoms with Gasteiger partial charge in [0.15, 0.2) is 0 Å². The van der Waals surface area contributed by atoms with Gasteiger partial charge in [-0.1, -0.05) is 48.5 Å². The van der Waals surface area contributed by atoms with Gasteiger partial charge in [-0.15, -0.1) is 0 Å². The molecule has 0 bridgehead atoms. The fourth-order valence-corrected chi connectivity index (χ4v) is 2.42. The van der Waals surface area contributed by atoms with Gasteiger partial charge in [0.2, 0.25) is 5.91 Å². The first-order valence-corrected chi connectivity index (χ1v) is 7.15. The van der Waals surface area contributed by atoms with E-state index in [4.69, 9.17) is 0 Å². The van der Waals surface area contributed by atoms with Crippen molar-refractivity contribution in [1.29, 1.82) is 0 Å². The van der Waals surface area contributed by atoms with Gasteiger partial charge in [-0.25, -0.2) is 5.06 Å². The maximum absolute atomic E-state index is 12.0. The van der Waals surface area contributed by atoms with E-state index in [2.05, 4.69) is 0 Å². The quantitative estimate of drug-likeness (QED) is 0.674. The van der Waals surface area contributed by atoms with Crippen molar-refractivity contribution in [2.75, 3.05) is 7.05 Å². The van der Waals surface area contributed by atoms with E-state index in [9.17, 15) is 15.1 Å². The Hall–Kier alpha value is -2.17. The van der Waals surface area contributed by atoms with Crippen molar-refractivity contribution >= 4 is 5.91 Å². The summed E-state index contributed by atoms with van der Waals surface area (Å²) in [6.45, 7) is 3.96. The van der Waals surface area contributed by atoms with Crippen LogP contribution >= 0.6 is 0 Å². The number of carbonyl (C=O) groups is 1. The van der Waals surface area contributed by atoms with Gasteiger partial charge in [0.1, 0.15) is 5.60 Å². The lowest BCUT2D eigenvalue weighted by Crippen LogP contribution is -2.35. The van der Waals surface area contributed by atoms with E-state index >= 15 is 0 Å². The molecule has 0 aliphatic rings. The standard InChI is InChI=1S/C18H21NO3/c1-13-9-10-16(11-14(13)2)18(21,12-17(20)19(3)22)15-7-5-4-6-8-15/h4-11,21-22H,12H2,1-3H3. The zero-order chi connectivity index (χ0) is 16.3. The number of aryl methyl sites for hydroxylation is 2. The van der Waals surface area contributed by atoms with Crippen LogP contribution in [0.15, 0.2) is 48.5 Å².